The fourth-order valence-electron chi connectivity index (χ4n) is 2.22. The zero-order valence-corrected chi connectivity index (χ0v) is 13.7. The van der Waals surface area contributed by atoms with E-state index in [1.165, 1.54) is 16.7 Å². The summed E-state index contributed by atoms with van der Waals surface area (Å²) >= 11 is 3.48. The predicted octanol–water partition coefficient (Wildman–Crippen LogP) is 4.79. The third-order valence-electron chi connectivity index (χ3n) is 3.09. The van der Waals surface area contributed by atoms with Gasteiger partial charge in [-0.25, -0.2) is 0 Å². The molecule has 0 aromatic heterocycles. The van der Waals surface area contributed by atoms with Crippen molar-refractivity contribution in [3.05, 3.63) is 58.7 Å². The highest BCUT2D eigenvalue weighted by Crippen LogP contribution is 2.27. The second kappa shape index (κ2) is 6.80. The van der Waals surface area contributed by atoms with Gasteiger partial charge in [-0.1, -0.05) is 51.3 Å². The van der Waals surface area contributed by atoms with Gasteiger partial charge < -0.3 is 9.47 Å². The summed E-state index contributed by atoms with van der Waals surface area (Å²) in [5.41, 5.74) is 4.82. The summed E-state index contributed by atoms with van der Waals surface area (Å²) in [6.07, 6.45) is 0. The van der Waals surface area contributed by atoms with E-state index in [2.05, 4.69) is 48.0 Å². The first-order valence-electron chi connectivity index (χ1n) is 6.55. The minimum absolute atomic E-state index is 0.565. The summed E-state index contributed by atoms with van der Waals surface area (Å²) in [5, 5.41) is 0.763. The Morgan fingerprint density at radius 1 is 1.00 bits per heavy atom. The van der Waals surface area contributed by atoms with Crippen LogP contribution in [-0.4, -0.2) is 7.11 Å². The van der Waals surface area contributed by atoms with E-state index in [4.69, 9.17) is 9.47 Å². The quantitative estimate of drug-likeness (QED) is 0.732. The summed E-state index contributed by atoms with van der Waals surface area (Å²) in [6, 6.07) is 12.4. The molecule has 0 saturated heterocycles. The van der Waals surface area contributed by atoms with Gasteiger partial charge in [0, 0.05) is 17.0 Å². The van der Waals surface area contributed by atoms with E-state index in [0.29, 0.717) is 6.61 Å². The van der Waals surface area contributed by atoms with Crippen LogP contribution in [0, 0.1) is 13.8 Å². The van der Waals surface area contributed by atoms with Crippen LogP contribution in [0.3, 0.4) is 0 Å². The van der Waals surface area contributed by atoms with Crippen LogP contribution in [0.15, 0.2) is 36.4 Å². The van der Waals surface area contributed by atoms with E-state index >= 15 is 0 Å². The van der Waals surface area contributed by atoms with E-state index < -0.39 is 0 Å². The van der Waals surface area contributed by atoms with Crippen molar-refractivity contribution in [2.24, 2.45) is 0 Å². The number of ether oxygens (including phenoxy) is 2. The molecule has 0 amide bonds. The highest BCUT2D eigenvalue weighted by molar-refractivity contribution is 9.08. The number of aryl methyl sites for hydroxylation is 2. The van der Waals surface area contributed by atoms with Gasteiger partial charge in [-0.05, 0) is 25.5 Å². The van der Waals surface area contributed by atoms with Gasteiger partial charge in [-0.15, -0.1) is 0 Å². The average molecular weight is 335 g/mol. The Bertz CT molecular complexity index is 573. The summed E-state index contributed by atoms with van der Waals surface area (Å²) in [6.45, 7) is 4.77. The molecule has 0 radical (unpaired) electrons. The molecule has 0 aliphatic rings. The standard InChI is InChI=1S/C17H19BrO2/c1-12-6-13(2)8-14(7-12)11-20-17-9-16(19-3)5-4-15(17)10-18/h4-9H,10-11H2,1-3H3. The first kappa shape index (κ1) is 14.9. The molecule has 2 nitrogen and oxygen atoms in total. The fraction of sp³-hybridized carbons (Fsp3) is 0.294. The Labute approximate surface area is 128 Å². The van der Waals surface area contributed by atoms with Crippen molar-refractivity contribution in [1.29, 1.82) is 0 Å². The van der Waals surface area contributed by atoms with E-state index in [1.807, 2.05) is 18.2 Å². The number of methoxy groups -OCH3 is 1. The fourth-order valence-corrected chi connectivity index (χ4v) is 2.68. The average Bonchev–Trinajstić information content (AvgIpc) is 2.43. The number of halogens is 1. The lowest BCUT2D eigenvalue weighted by molar-refractivity contribution is 0.301. The molecule has 0 aliphatic carbocycles. The van der Waals surface area contributed by atoms with Crippen LogP contribution in [0.1, 0.15) is 22.3 Å². The molecule has 0 spiro atoms. The SMILES string of the molecule is COc1ccc(CBr)c(OCc2cc(C)cc(C)c2)c1. The van der Waals surface area contributed by atoms with Crippen molar-refractivity contribution < 1.29 is 9.47 Å². The Hall–Kier alpha value is -1.48. The molecular weight excluding hydrogens is 316 g/mol. The second-order valence-electron chi connectivity index (χ2n) is 4.89. The largest absolute Gasteiger partial charge is 0.497 e. The number of hydrogen-bond acceptors (Lipinski definition) is 2. The van der Waals surface area contributed by atoms with Crippen LogP contribution in [0.2, 0.25) is 0 Å². The van der Waals surface area contributed by atoms with Crippen LogP contribution in [0.5, 0.6) is 11.5 Å². The van der Waals surface area contributed by atoms with Gasteiger partial charge in [0.2, 0.25) is 0 Å². The van der Waals surface area contributed by atoms with Gasteiger partial charge in [0.25, 0.3) is 0 Å². The molecule has 0 unspecified atom stereocenters. The van der Waals surface area contributed by atoms with E-state index in [1.54, 1.807) is 7.11 Å². The lowest BCUT2D eigenvalue weighted by atomic mass is 10.1. The van der Waals surface area contributed by atoms with Crippen LogP contribution >= 0.6 is 15.9 Å². The van der Waals surface area contributed by atoms with Gasteiger partial charge in [0.05, 0.1) is 7.11 Å². The molecule has 0 bridgehead atoms. The lowest BCUT2D eigenvalue weighted by Crippen LogP contribution is -1.99. The molecule has 0 N–H and O–H groups in total. The molecule has 0 fully saturated rings. The van der Waals surface area contributed by atoms with Gasteiger partial charge in [-0.3, -0.25) is 0 Å². The second-order valence-corrected chi connectivity index (χ2v) is 5.45. The van der Waals surface area contributed by atoms with Gasteiger partial charge >= 0.3 is 0 Å². The van der Waals surface area contributed by atoms with Crippen LogP contribution in [-0.2, 0) is 11.9 Å². The molecule has 0 saturated carbocycles. The third-order valence-corrected chi connectivity index (χ3v) is 3.70. The third kappa shape index (κ3) is 3.76. The van der Waals surface area contributed by atoms with E-state index in [9.17, 15) is 0 Å². The number of rotatable bonds is 5. The molecule has 106 valence electrons. The summed E-state index contributed by atoms with van der Waals surface area (Å²) < 4.78 is 11.2. The normalized spacial score (nSPS) is 10.4. The zero-order chi connectivity index (χ0) is 14.5. The van der Waals surface area contributed by atoms with Gasteiger partial charge in [0.1, 0.15) is 18.1 Å². The molecule has 2 aromatic carbocycles. The molecular formula is C17H19BrO2. The maximum atomic E-state index is 5.96. The monoisotopic (exact) mass is 334 g/mol. The first-order valence-corrected chi connectivity index (χ1v) is 7.67. The van der Waals surface area contributed by atoms with Crippen molar-refractivity contribution in [2.75, 3.05) is 7.11 Å². The molecule has 2 rings (SSSR count). The highest BCUT2D eigenvalue weighted by atomic mass is 79.9. The van der Waals surface area contributed by atoms with Crippen LogP contribution < -0.4 is 9.47 Å². The van der Waals surface area contributed by atoms with E-state index in [0.717, 1.165) is 22.4 Å². The first-order chi connectivity index (χ1) is 9.62. The predicted molar refractivity (Wildman–Crippen MR) is 85.9 cm³/mol. The molecule has 3 heteroatoms. The topological polar surface area (TPSA) is 18.5 Å². The summed E-state index contributed by atoms with van der Waals surface area (Å²) in [5.74, 6) is 1.67. The van der Waals surface area contributed by atoms with E-state index in [-0.39, 0.29) is 0 Å². The summed E-state index contributed by atoms with van der Waals surface area (Å²) in [4.78, 5) is 0. The smallest absolute Gasteiger partial charge is 0.127 e. The van der Waals surface area contributed by atoms with Crippen molar-refractivity contribution >= 4 is 15.9 Å². The Morgan fingerprint density at radius 2 is 1.70 bits per heavy atom. The minimum atomic E-state index is 0.565. The number of benzene rings is 2. The maximum absolute atomic E-state index is 5.96. The van der Waals surface area contributed by atoms with Gasteiger partial charge in [0.15, 0.2) is 0 Å². The Balaban J connectivity index is 2.17. The summed E-state index contributed by atoms with van der Waals surface area (Å²) in [7, 11) is 1.66. The lowest BCUT2D eigenvalue weighted by Gasteiger charge is -2.12. The van der Waals surface area contributed by atoms with Crippen molar-refractivity contribution in [3.63, 3.8) is 0 Å². The van der Waals surface area contributed by atoms with Crippen molar-refractivity contribution in [3.8, 4) is 11.5 Å². The zero-order valence-electron chi connectivity index (χ0n) is 12.1. The minimum Gasteiger partial charge on any atom is -0.497 e. The molecule has 2 aromatic rings. The molecule has 0 heterocycles. The number of alkyl halides is 1. The van der Waals surface area contributed by atoms with Crippen molar-refractivity contribution in [1.82, 2.24) is 0 Å². The van der Waals surface area contributed by atoms with Gasteiger partial charge in [-0.2, -0.15) is 0 Å². The molecule has 20 heavy (non-hydrogen) atoms. The number of hydrogen-bond donors (Lipinski definition) is 0. The molecule has 0 aliphatic heterocycles. The Morgan fingerprint density at radius 3 is 2.30 bits per heavy atom. The molecule has 0 atom stereocenters. The van der Waals surface area contributed by atoms with Crippen molar-refractivity contribution in [2.45, 2.75) is 25.8 Å². The van der Waals surface area contributed by atoms with Crippen LogP contribution in [0.25, 0.3) is 0 Å². The maximum Gasteiger partial charge on any atom is 0.127 e. The highest BCUT2D eigenvalue weighted by Gasteiger charge is 2.06. The van der Waals surface area contributed by atoms with Crippen LogP contribution in [0.4, 0.5) is 0 Å². The Kier molecular flexibility index (Phi) is 5.07.